The van der Waals surface area contributed by atoms with Crippen molar-refractivity contribution < 1.29 is 14.1 Å². The summed E-state index contributed by atoms with van der Waals surface area (Å²) >= 11 is 0. The van der Waals surface area contributed by atoms with E-state index in [4.69, 9.17) is 0 Å². The van der Waals surface area contributed by atoms with Crippen LogP contribution in [-0.4, -0.2) is 24.9 Å². The lowest BCUT2D eigenvalue weighted by Gasteiger charge is -2.17. The molecule has 120 valence electrons. The normalized spacial score (nSPS) is 10.2. The van der Waals surface area contributed by atoms with Crippen LogP contribution in [0.2, 0.25) is 0 Å². The van der Waals surface area contributed by atoms with Crippen molar-refractivity contribution in [3.63, 3.8) is 0 Å². The minimum absolute atomic E-state index is 0.131. The molecule has 2 aromatic rings. The predicted molar refractivity (Wildman–Crippen MR) is 85.0 cm³/mol. The third-order valence-electron chi connectivity index (χ3n) is 3.26. The SMILES string of the molecule is CN(C)c1ccc([N+](=O)[O-])cc1C(=O)NCc1cccc(F)c1. The van der Waals surface area contributed by atoms with Crippen molar-refractivity contribution in [3.8, 4) is 0 Å². The molecule has 23 heavy (non-hydrogen) atoms. The number of hydrogen-bond donors (Lipinski definition) is 1. The third-order valence-corrected chi connectivity index (χ3v) is 3.26. The number of rotatable bonds is 5. The van der Waals surface area contributed by atoms with Crippen LogP contribution in [0.1, 0.15) is 15.9 Å². The molecule has 0 radical (unpaired) electrons. The molecule has 6 nitrogen and oxygen atoms in total. The lowest BCUT2D eigenvalue weighted by Crippen LogP contribution is -2.25. The van der Waals surface area contributed by atoms with E-state index in [1.807, 2.05) is 0 Å². The second kappa shape index (κ2) is 6.87. The summed E-state index contributed by atoms with van der Waals surface area (Å²) in [6.07, 6.45) is 0. The molecule has 0 heterocycles. The van der Waals surface area contributed by atoms with Crippen LogP contribution in [-0.2, 0) is 6.54 Å². The molecule has 0 spiro atoms. The summed E-state index contributed by atoms with van der Waals surface area (Å²) in [6.45, 7) is 0.131. The molecule has 2 aromatic carbocycles. The van der Waals surface area contributed by atoms with Crippen LogP contribution in [0.25, 0.3) is 0 Å². The summed E-state index contributed by atoms with van der Waals surface area (Å²) in [5.41, 5.74) is 1.20. The summed E-state index contributed by atoms with van der Waals surface area (Å²) < 4.78 is 13.1. The number of amides is 1. The molecule has 0 aliphatic heterocycles. The highest BCUT2D eigenvalue weighted by Crippen LogP contribution is 2.24. The Hall–Kier alpha value is -2.96. The predicted octanol–water partition coefficient (Wildman–Crippen LogP) is 2.73. The van der Waals surface area contributed by atoms with E-state index in [9.17, 15) is 19.3 Å². The topological polar surface area (TPSA) is 75.5 Å². The van der Waals surface area contributed by atoms with Crippen molar-refractivity contribution in [1.82, 2.24) is 5.32 Å². The zero-order chi connectivity index (χ0) is 17.0. The van der Waals surface area contributed by atoms with Gasteiger partial charge >= 0.3 is 0 Å². The molecule has 0 unspecified atom stereocenters. The van der Waals surface area contributed by atoms with E-state index >= 15 is 0 Å². The van der Waals surface area contributed by atoms with Crippen LogP contribution in [0, 0.1) is 15.9 Å². The van der Waals surface area contributed by atoms with Crippen LogP contribution in [0.3, 0.4) is 0 Å². The minimum atomic E-state index is -0.553. The van der Waals surface area contributed by atoms with Crippen molar-refractivity contribution in [3.05, 3.63) is 69.5 Å². The first kappa shape index (κ1) is 16.4. The number of non-ortho nitro benzene ring substituents is 1. The first-order valence-corrected chi connectivity index (χ1v) is 6.87. The molecule has 0 aliphatic carbocycles. The van der Waals surface area contributed by atoms with Crippen LogP contribution < -0.4 is 10.2 Å². The van der Waals surface area contributed by atoms with E-state index in [0.29, 0.717) is 11.3 Å². The standard InChI is InChI=1S/C16H16FN3O3/c1-19(2)15-7-6-13(20(22)23)9-14(15)16(21)18-10-11-4-3-5-12(17)8-11/h3-9H,10H2,1-2H3,(H,18,21). The van der Waals surface area contributed by atoms with E-state index in [2.05, 4.69) is 5.32 Å². The highest BCUT2D eigenvalue weighted by atomic mass is 19.1. The molecule has 1 N–H and O–H groups in total. The molecule has 0 atom stereocenters. The van der Waals surface area contributed by atoms with Crippen LogP contribution in [0.15, 0.2) is 42.5 Å². The van der Waals surface area contributed by atoms with Gasteiger partial charge < -0.3 is 10.2 Å². The lowest BCUT2D eigenvalue weighted by molar-refractivity contribution is -0.384. The summed E-state index contributed by atoms with van der Waals surface area (Å²) in [5.74, 6) is -0.845. The Morgan fingerprint density at radius 3 is 2.61 bits per heavy atom. The molecule has 7 heteroatoms. The number of nitrogens with one attached hydrogen (secondary N) is 1. The molecular formula is C16H16FN3O3. The third kappa shape index (κ3) is 4.03. The zero-order valence-electron chi connectivity index (χ0n) is 12.7. The van der Waals surface area contributed by atoms with Gasteiger partial charge in [-0.2, -0.15) is 0 Å². The Labute approximate surface area is 132 Å². The van der Waals surface area contributed by atoms with Crippen molar-refractivity contribution >= 4 is 17.3 Å². The number of halogens is 1. The van der Waals surface area contributed by atoms with Gasteiger partial charge in [0.15, 0.2) is 0 Å². The van der Waals surface area contributed by atoms with Gasteiger partial charge in [-0.25, -0.2) is 4.39 Å². The molecule has 0 aliphatic rings. The van der Waals surface area contributed by atoms with Gasteiger partial charge in [0.05, 0.1) is 10.5 Å². The first-order chi connectivity index (χ1) is 10.9. The van der Waals surface area contributed by atoms with E-state index in [-0.39, 0.29) is 23.6 Å². The van der Waals surface area contributed by atoms with Crippen LogP contribution in [0.5, 0.6) is 0 Å². The quantitative estimate of drug-likeness (QED) is 0.679. The van der Waals surface area contributed by atoms with Gasteiger partial charge in [-0.05, 0) is 23.8 Å². The van der Waals surface area contributed by atoms with Crippen molar-refractivity contribution in [2.75, 3.05) is 19.0 Å². The smallest absolute Gasteiger partial charge is 0.270 e. The van der Waals surface area contributed by atoms with E-state index in [1.165, 1.54) is 30.3 Å². The van der Waals surface area contributed by atoms with Crippen LogP contribution >= 0.6 is 0 Å². The molecule has 0 aromatic heterocycles. The number of benzene rings is 2. The molecule has 0 fully saturated rings. The maximum Gasteiger partial charge on any atom is 0.270 e. The second-order valence-electron chi connectivity index (χ2n) is 5.17. The molecule has 1 amide bonds. The number of nitro benzene ring substituents is 1. The Morgan fingerprint density at radius 1 is 1.26 bits per heavy atom. The van der Waals surface area contributed by atoms with Gasteiger partial charge in [0.2, 0.25) is 0 Å². The largest absolute Gasteiger partial charge is 0.377 e. The van der Waals surface area contributed by atoms with Gasteiger partial charge in [0.1, 0.15) is 5.82 Å². The molecule has 0 saturated carbocycles. The Kier molecular flexibility index (Phi) is 4.90. The maximum atomic E-state index is 13.1. The van der Waals surface area contributed by atoms with Crippen molar-refractivity contribution in [1.29, 1.82) is 0 Å². The van der Waals surface area contributed by atoms with Gasteiger partial charge in [0, 0.05) is 38.5 Å². The Morgan fingerprint density at radius 2 is 2.00 bits per heavy atom. The van der Waals surface area contributed by atoms with Crippen molar-refractivity contribution in [2.24, 2.45) is 0 Å². The highest BCUT2D eigenvalue weighted by Gasteiger charge is 2.17. The number of hydrogen-bond acceptors (Lipinski definition) is 4. The summed E-state index contributed by atoms with van der Waals surface area (Å²) in [7, 11) is 3.48. The maximum absolute atomic E-state index is 13.1. The van der Waals surface area contributed by atoms with Gasteiger partial charge in [0.25, 0.3) is 11.6 Å². The lowest BCUT2D eigenvalue weighted by atomic mass is 10.1. The van der Waals surface area contributed by atoms with E-state index < -0.39 is 10.8 Å². The van der Waals surface area contributed by atoms with Gasteiger partial charge in [-0.15, -0.1) is 0 Å². The minimum Gasteiger partial charge on any atom is -0.377 e. The number of carbonyl (C=O) groups excluding carboxylic acids is 1. The summed E-state index contributed by atoms with van der Waals surface area (Å²) in [4.78, 5) is 24.4. The van der Waals surface area contributed by atoms with Gasteiger partial charge in [-0.1, -0.05) is 12.1 Å². The van der Waals surface area contributed by atoms with E-state index in [0.717, 1.165) is 0 Å². The Bertz CT molecular complexity index is 747. The monoisotopic (exact) mass is 317 g/mol. The number of anilines is 1. The Balaban J connectivity index is 2.23. The zero-order valence-corrected chi connectivity index (χ0v) is 12.7. The molecule has 0 saturated heterocycles. The highest BCUT2D eigenvalue weighted by molar-refractivity contribution is 6.00. The fraction of sp³-hybridized carbons (Fsp3) is 0.188. The fourth-order valence-corrected chi connectivity index (χ4v) is 2.13. The average molecular weight is 317 g/mol. The average Bonchev–Trinajstić information content (AvgIpc) is 2.52. The van der Waals surface area contributed by atoms with Gasteiger partial charge in [-0.3, -0.25) is 14.9 Å². The van der Waals surface area contributed by atoms with E-state index in [1.54, 1.807) is 31.1 Å². The number of nitro groups is 1. The van der Waals surface area contributed by atoms with Crippen molar-refractivity contribution in [2.45, 2.75) is 6.54 Å². The molecule has 0 bridgehead atoms. The molecule has 2 rings (SSSR count). The fourth-order valence-electron chi connectivity index (χ4n) is 2.13. The molecular weight excluding hydrogens is 301 g/mol. The summed E-state index contributed by atoms with van der Waals surface area (Å²) in [6, 6.07) is 9.97. The first-order valence-electron chi connectivity index (χ1n) is 6.87. The summed E-state index contributed by atoms with van der Waals surface area (Å²) in [5, 5.41) is 13.5. The van der Waals surface area contributed by atoms with Crippen LogP contribution in [0.4, 0.5) is 15.8 Å². The number of carbonyl (C=O) groups is 1. The second-order valence-corrected chi connectivity index (χ2v) is 5.17. The number of nitrogens with zero attached hydrogens (tertiary/aromatic N) is 2.